The molecule has 0 bridgehead atoms. The van der Waals surface area contributed by atoms with Gasteiger partial charge in [0.2, 0.25) is 0 Å². The zero-order valence-corrected chi connectivity index (χ0v) is 16.8. The van der Waals surface area contributed by atoms with E-state index in [0.29, 0.717) is 11.8 Å². The van der Waals surface area contributed by atoms with E-state index in [1.165, 1.54) is 38.5 Å². The molecular formula is C24H31NO3. The smallest absolute Gasteiger partial charge is 0.331 e. The number of hydrogen-bond donors (Lipinski definition) is 1. The van der Waals surface area contributed by atoms with Crippen molar-refractivity contribution in [1.29, 1.82) is 0 Å². The van der Waals surface area contributed by atoms with E-state index in [2.05, 4.69) is 24.2 Å². The van der Waals surface area contributed by atoms with Gasteiger partial charge in [0.15, 0.2) is 0 Å². The predicted molar refractivity (Wildman–Crippen MR) is 106 cm³/mol. The third kappa shape index (κ3) is 2.18. The van der Waals surface area contributed by atoms with Crippen LogP contribution < -0.4 is 0 Å². The Hall–Kier alpha value is -1.58. The highest BCUT2D eigenvalue weighted by Gasteiger charge is 2.66. The fourth-order valence-electron chi connectivity index (χ4n) is 8.31. The lowest BCUT2D eigenvalue weighted by molar-refractivity contribution is -0.163. The minimum absolute atomic E-state index is 0.0948. The molecule has 6 rings (SSSR count). The number of ether oxygens (including phenoxy) is 1. The van der Waals surface area contributed by atoms with Gasteiger partial charge in [0.1, 0.15) is 5.60 Å². The van der Waals surface area contributed by atoms with Crippen LogP contribution in [-0.4, -0.2) is 22.5 Å². The number of carbonyl (C=O) groups is 1. The number of nitrogens with zero attached hydrogens (tertiary/aromatic N) is 1. The summed E-state index contributed by atoms with van der Waals surface area (Å²) in [6.07, 6.45) is 16.7. The van der Waals surface area contributed by atoms with E-state index in [1.807, 2.05) is 0 Å². The van der Waals surface area contributed by atoms with Crippen molar-refractivity contribution in [2.24, 2.45) is 46.1 Å². The van der Waals surface area contributed by atoms with Crippen LogP contribution in [0.15, 0.2) is 29.0 Å². The maximum Gasteiger partial charge on any atom is 0.331 e. The normalized spacial score (nSPS) is 50.9. The summed E-state index contributed by atoms with van der Waals surface area (Å²) >= 11 is 0. The van der Waals surface area contributed by atoms with E-state index in [0.717, 1.165) is 48.6 Å². The van der Waals surface area contributed by atoms with Gasteiger partial charge in [0.05, 0.1) is 5.71 Å². The van der Waals surface area contributed by atoms with Crippen LogP contribution in [-0.2, 0) is 9.53 Å². The van der Waals surface area contributed by atoms with E-state index in [1.54, 1.807) is 11.6 Å². The maximum atomic E-state index is 12.0. The molecule has 1 aliphatic heterocycles. The van der Waals surface area contributed by atoms with Crippen molar-refractivity contribution in [3.05, 3.63) is 23.8 Å². The fourth-order valence-corrected chi connectivity index (χ4v) is 8.31. The van der Waals surface area contributed by atoms with Crippen LogP contribution in [0, 0.1) is 40.9 Å². The Kier molecular flexibility index (Phi) is 3.54. The molecule has 0 aromatic carbocycles. The minimum Gasteiger partial charge on any atom is -0.451 e. The average Bonchev–Trinajstić information content (AvgIpc) is 3.42. The van der Waals surface area contributed by atoms with Gasteiger partial charge >= 0.3 is 5.97 Å². The molecule has 0 amide bonds. The lowest BCUT2D eigenvalue weighted by Crippen LogP contribution is -2.54. The summed E-state index contributed by atoms with van der Waals surface area (Å²) in [5.41, 5.74) is 2.20. The standard InChI is InChI=1S/C24H31NO3/c1-23-9-6-18-17-5-4-16(25-27)12-15(17)13-19(14-2-3-14)22(18)20(23)7-10-24(23)11-8-21(26)28-24/h8,11-12,14,17-20,22,27H,2-7,9-10,13H2,1H3/b25-16+/t17-,18?,19+,20?,22?,23-,24+/m0/s1. The molecule has 150 valence electrons. The summed E-state index contributed by atoms with van der Waals surface area (Å²) in [7, 11) is 0. The highest BCUT2D eigenvalue weighted by molar-refractivity contribution is 5.96. The van der Waals surface area contributed by atoms with Crippen LogP contribution in [0.3, 0.4) is 0 Å². The molecule has 0 aromatic heterocycles. The van der Waals surface area contributed by atoms with Crippen molar-refractivity contribution in [3.63, 3.8) is 0 Å². The second-order valence-corrected chi connectivity index (χ2v) is 10.6. The molecule has 4 fully saturated rings. The minimum atomic E-state index is -0.340. The maximum absolute atomic E-state index is 12.0. The molecule has 0 aromatic rings. The zero-order chi connectivity index (χ0) is 19.1. The van der Waals surface area contributed by atoms with Crippen LogP contribution in [0.2, 0.25) is 0 Å². The Bertz CT molecular complexity index is 809. The molecule has 4 nitrogen and oxygen atoms in total. The van der Waals surface area contributed by atoms with Crippen molar-refractivity contribution < 1.29 is 14.7 Å². The Balaban J connectivity index is 1.39. The van der Waals surface area contributed by atoms with Crippen molar-refractivity contribution in [3.8, 4) is 0 Å². The van der Waals surface area contributed by atoms with Gasteiger partial charge in [-0.1, -0.05) is 17.7 Å². The number of esters is 1. The summed E-state index contributed by atoms with van der Waals surface area (Å²) in [6.45, 7) is 2.43. The van der Waals surface area contributed by atoms with Gasteiger partial charge in [-0.25, -0.2) is 4.79 Å². The number of allylic oxidation sites excluding steroid dienone is 2. The highest BCUT2D eigenvalue weighted by Crippen LogP contribution is 2.69. The average molecular weight is 382 g/mol. The number of carbonyl (C=O) groups excluding carboxylic acids is 1. The Morgan fingerprint density at radius 2 is 2.00 bits per heavy atom. The van der Waals surface area contributed by atoms with E-state index >= 15 is 0 Å². The van der Waals surface area contributed by atoms with Gasteiger partial charge in [-0.3, -0.25) is 0 Å². The number of rotatable bonds is 1. The molecule has 4 saturated carbocycles. The zero-order valence-electron chi connectivity index (χ0n) is 16.8. The van der Waals surface area contributed by atoms with E-state index in [-0.39, 0.29) is 17.0 Å². The summed E-state index contributed by atoms with van der Waals surface area (Å²) in [4.78, 5) is 12.0. The number of oxime groups is 1. The van der Waals surface area contributed by atoms with Gasteiger partial charge < -0.3 is 9.94 Å². The predicted octanol–water partition coefficient (Wildman–Crippen LogP) is 4.88. The van der Waals surface area contributed by atoms with Crippen LogP contribution in [0.4, 0.5) is 0 Å². The highest BCUT2D eigenvalue weighted by atomic mass is 16.6. The third-order valence-electron chi connectivity index (χ3n) is 9.72. The number of hydrogen-bond acceptors (Lipinski definition) is 4. The first-order chi connectivity index (χ1) is 13.5. The molecule has 4 heteroatoms. The van der Waals surface area contributed by atoms with Crippen LogP contribution in [0.5, 0.6) is 0 Å². The van der Waals surface area contributed by atoms with Gasteiger partial charge in [0.25, 0.3) is 0 Å². The molecule has 0 radical (unpaired) electrons. The Labute approximate surface area is 167 Å². The van der Waals surface area contributed by atoms with Gasteiger partial charge in [-0.2, -0.15) is 0 Å². The molecule has 7 atom stereocenters. The Morgan fingerprint density at radius 3 is 2.71 bits per heavy atom. The molecule has 5 aliphatic carbocycles. The second kappa shape index (κ2) is 5.73. The molecule has 1 N–H and O–H groups in total. The van der Waals surface area contributed by atoms with Gasteiger partial charge in [-0.15, -0.1) is 0 Å². The lowest BCUT2D eigenvalue weighted by atomic mass is 9.47. The molecule has 6 aliphatic rings. The molecule has 28 heavy (non-hydrogen) atoms. The molecule has 3 unspecified atom stereocenters. The summed E-state index contributed by atoms with van der Waals surface area (Å²) in [5, 5.41) is 12.8. The summed E-state index contributed by atoms with van der Waals surface area (Å²) in [5.74, 6) is 4.39. The largest absolute Gasteiger partial charge is 0.451 e. The van der Waals surface area contributed by atoms with E-state index < -0.39 is 0 Å². The summed E-state index contributed by atoms with van der Waals surface area (Å²) in [6, 6.07) is 0. The van der Waals surface area contributed by atoms with Crippen molar-refractivity contribution in [2.45, 2.75) is 70.3 Å². The molecule has 1 heterocycles. The first-order valence-electron chi connectivity index (χ1n) is 11.4. The SMILES string of the molecule is C[C@]12CCC3C(C1CC[C@@]21C=CC(=O)O1)[C@@H](C1CC1)CC1=C/C(=N/O)CC[C@@H]13. The van der Waals surface area contributed by atoms with Crippen molar-refractivity contribution in [1.82, 2.24) is 0 Å². The van der Waals surface area contributed by atoms with E-state index in [9.17, 15) is 10.0 Å². The van der Waals surface area contributed by atoms with Crippen LogP contribution >= 0.6 is 0 Å². The monoisotopic (exact) mass is 381 g/mol. The molecular weight excluding hydrogens is 350 g/mol. The summed E-state index contributed by atoms with van der Waals surface area (Å²) < 4.78 is 6.00. The fraction of sp³-hybridized carbons (Fsp3) is 0.750. The van der Waals surface area contributed by atoms with Gasteiger partial charge in [0, 0.05) is 11.5 Å². The van der Waals surface area contributed by atoms with Crippen molar-refractivity contribution >= 4 is 11.7 Å². The van der Waals surface area contributed by atoms with Gasteiger partial charge in [-0.05, 0) is 105 Å². The first-order valence-corrected chi connectivity index (χ1v) is 11.4. The Morgan fingerprint density at radius 1 is 1.14 bits per heavy atom. The van der Waals surface area contributed by atoms with Crippen LogP contribution in [0.25, 0.3) is 0 Å². The quantitative estimate of drug-likeness (QED) is 0.400. The third-order valence-corrected chi connectivity index (χ3v) is 9.72. The topological polar surface area (TPSA) is 58.9 Å². The van der Waals surface area contributed by atoms with Crippen molar-refractivity contribution in [2.75, 3.05) is 0 Å². The second-order valence-electron chi connectivity index (χ2n) is 10.6. The molecule has 1 spiro atoms. The molecule has 0 saturated heterocycles. The number of fused-ring (bicyclic) bond motifs is 6. The first kappa shape index (κ1) is 17.3. The van der Waals surface area contributed by atoms with E-state index in [4.69, 9.17) is 4.74 Å². The van der Waals surface area contributed by atoms with Crippen LogP contribution in [0.1, 0.15) is 64.7 Å². The lowest BCUT2D eigenvalue weighted by Gasteiger charge is -2.58.